The van der Waals surface area contributed by atoms with Gasteiger partial charge in [-0.05, 0) is 48.5 Å². The quantitative estimate of drug-likeness (QED) is 0.274. The van der Waals surface area contributed by atoms with Crippen molar-refractivity contribution in [1.29, 1.82) is 0 Å². The third kappa shape index (κ3) is 5.56. The topological polar surface area (TPSA) is 58.2 Å². The van der Waals surface area contributed by atoms with E-state index in [1.807, 2.05) is 6.07 Å². The fraction of sp³-hybridized carbons (Fsp3) is 0.130. The summed E-state index contributed by atoms with van der Waals surface area (Å²) in [5.41, 5.74) is 1.19. The van der Waals surface area contributed by atoms with Crippen LogP contribution >= 0.6 is 27.5 Å². The molecule has 0 saturated heterocycles. The summed E-state index contributed by atoms with van der Waals surface area (Å²) in [4.78, 5) is 22.3. The molecule has 34 heavy (non-hydrogen) atoms. The summed E-state index contributed by atoms with van der Waals surface area (Å²) in [6.45, 7) is 0. The van der Waals surface area contributed by atoms with Crippen LogP contribution in [0.15, 0.2) is 53.0 Å². The van der Waals surface area contributed by atoms with Crippen LogP contribution in [0.2, 0.25) is 5.02 Å². The summed E-state index contributed by atoms with van der Waals surface area (Å²) in [6.07, 6.45) is -4.46. The second kappa shape index (κ2) is 10.1. The number of rotatable bonds is 3. The molecule has 4 nitrogen and oxygen atoms in total. The number of aldehydes is 1. The van der Waals surface area contributed by atoms with Crippen molar-refractivity contribution in [2.75, 3.05) is 12.4 Å². The van der Waals surface area contributed by atoms with Gasteiger partial charge in [0.2, 0.25) is 0 Å². The van der Waals surface area contributed by atoms with Gasteiger partial charge in [-0.2, -0.15) is 13.2 Å². The van der Waals surface area contributed by atoms with E-state index in [4.69, 9.17) is 11.6 Å². The molecule has 1 atom stereocenters. The summed E-state index contributed by atoms with van der Waals surface area (Å²) in [7, 11) is 1.77. The lowest BCUT2D eigenvalue weighted by Crippen LogP contribution is -2.20. The molecule has 3 aromatic rings. The number of carbonyl (C=O) groups is 2. The number of nitrogens with one attached hydrogen (secondary N) is 2. The molecule has 178 valence electrons. The highest BCUT2D eigenvalue weighted by atomic mass is 79.9. The highest BCUT2D eigenvalue weighted by Crippen LogP contribution is 2.40. The molecule has 1 aliphatic rings. The van der Waals surface area contributed by atoms with E-state index >= 15 is 0 Å². The molecule has 1 heterocycles. The summed E-state index contributed by atoms with van der Waals surface area (Å²) in [6, 6.07) is 8.97. The third-order valence-electron chi connectivity index (χ3n) is 4.88. The lowest BCUT2D eigenvalue weighted by molar-refractivity contribution is -0.137. The maximum atomic E-state index is 13.5. The van der Waals surface area contributed by atoms with Crippen molar-refractivity contribution in [3.8, 4) is 0 Å². The Labute approximate surface area is 204 Å². The summed E-state index contributed by atoms with van der Waals surface area (Å²) in [5.74, 6) is -1.66. The van der Waals surface area contributed by atoms with E-state index in [1.54, 1.807) is 13.1 Å². The van der Waals surface area contributed by atoms with Crippen LogP contribution in [0.3, 0.4) is 0 Å². The van der Waals surface area contributed by atoms with Crippen LogP contribution in [0, 0.1) is 11.6 Å². The van der Waals surface area contributed by atoms with Crippen molar-refractivity contribution in [1.82, 2.24) is 5.32 Å². The van der Waals surface area contributed by atoms with Crippen LogP contribution in [-0.2, 0) is 6.18 Å². The number of hydrogen-bond donors (Lipinski definition) is 2. The minimum Gasteiger partial charge on any atom is -0.388 e. The minimum absolute atomic E-state index is 0.165. The van der Waals surface area contributed by atoms with Crippen molar-refractivity contribution in [3.05, 3.63) is 97.5 Å². The Hall–Kier alpha value is -2.98. The van der Waals surface area contributed by atoms with Crippen LogP contribution in [0.1, 0.15) is 43.4 Å². The van der Waals surface area contributed by atoms with Gasteiger partial charge < -0.3 is 10.6 Å². The predicted molar refractivity (Wildman–Crippen MR) is 121 cm³/mol. The molecule has 1 amide bonds. The van der Waals surface area contributed by atoms with Gasteiger partial charge in [-0.15, -0.1) is 0 Å². The van der Waals surface area contributed by atoms with Crippen LogP contribution in [0.25, 0.3) is 0 Å². The van der Waals surface area contributed by atoms with Gasteiger partial charge in [-0.1, -0.05) is 27.5 Å². The molecule has 3 aromatic carbocycles. The second-order valence-electron chi connectivity index (χ2n) is 7.13. The highest BCUT2D eigenvalue weighted by molar-refractivity contribution is 9.10. The average molecular weight is 562 g/mol. The number of halogens is 7. The lowest BCUT2D eigenvalue weighted by atomic mass is 9.96. The normalized spacial score (nSPS) is 14.6. The third-order valence-corrected chi connectivity index (χ3v) is 5.68. The van der Waals surface area contributed by atoms with E-state index in [2.05, 4.69) is 26.6 Å². The summed E-state index contributed by atoms with van der Waals surface area (Å²) < 4.78 is 62.8. The molecule has 0 saturated carbocycles. The molecule has 4 rings (SSSR count). The van der Waals surface area contributed by atoms with Crippen LogP contribution in [-0.4, -0.2) is 19.2 Å². The number of amides is 1. The fourth-order valence-electron chi connectivity index (χ4n) is 3.42. The van der Waals surface area contributed by atoms with Crippen LogP contribution < -0.4 is 10.6 Å². The van der Waals surface area contributed by atoms with Gasteiger partial charge in [0.15, 0.2) is 0 Å². The van der Waals surface area contributed by atoms with Gasteiger partial charge in [0.25, 0.3) is 5.91 Å². The van der Waals surface area contributed by atoms with Crippen molar-refractivity contribution in [2.24, 2.45) is 0 Å². The first-order valence-electron chi connectivity index (χ1n) is 9.54. The van der Waals surface area contributed by atoms with E-state index in [0.717, 1.165) is 21.8 Å². The monoisotopic (exact) mass is 560 g/mol. The Kier molecular flexibility index (Phi) is 7.62. The molecule has 1 unspecified atom stereocenters. The zero-order valence-corrected chi connectivity index (χ0v) is 19.6. The maximum Gasteiger partial charge on any atom is 0.416 e. The van der Waals surface area contributed by atoms with Gasteiger partial charge in [-0.3, -0.25) is 9.59 Å². The average Bonchev–Trinajstić information content (AvgIpc) is 3.10. The maximum absolute atomic E-state index is 13.5. The standard InChI is InChI=1S/C15H11BrClFN2O.C8H4F4O/c1-19-12-5-7(16)4-10-13(12)14(20-15(10)21)9-6-8(18)2-3-11(9)17;9-7-2-5(4-13)1-6(3-7)8(10,11)12/h2-6,14,19H,1H3,(H,20,21);1-4H. The van der Waals surface area contributed by atoms with Crippen molar-refractivity contribution >= 4 is 45.4 Å². The number of hydrogen-bond acceptors (Lipinski definition) is 3. The van der Waals surface area contributed by atoms with E-state index < -0.39 is 23.6 Å². The highest BCUT2D eigenvalue weighted by Gasteiger charge is 2.34. The minimum atomic E-state index is -4.63. The molecular formula is C23H15BrClF5N2O2. The number of fused-ring (bicyclic) bond motifs is 1. The Morgan fingerprint density at radius 3 is 2.38 bits per heavy atom. The van der Waals surface area contributed by atoms with Crippen LogP contribution in [0.4, 0.5) is 27.6 Å². The van der Waals surface area contributed by atoms with E-state index in [0.29, 0.717) is 28.3 Å². The van der Waals surface area contributed by atoms with Gasteiger partial charge in [0.1, 0.15) is 17.9 Å². The number of carbonyl (C=O) groups excluding carboxylic acids is 2. The van der Waals surface area contributed by atoms with Gasteiger partial charge >= 0.3 is 6.18 Å². The number of anilines is 1. The Morgan fingerprint density at radius 2 is 1.76 bits per heavy atom. The first-order valence-corrected chi connectivity index (χ1v) is 10.7. The molecule has 0 fully saturated rings. The smallest absolute Gasteiger partial charge is 0.388 e. The largest absolute Gasteiger partial charge is 0.416 e. The summed E-state index contributed by atoms with van der Waals surface area (Å²) >= 11 is 9.55. The predicted octanol–water partition coefficient (Wildman–Crippen LogP) is 6.77. The van der Waals surface area contributed by atoms with Crippen LogP contribution in [0.5, 0.6) is 0 Å². The molecule has 0 aliphatic carbocycles. The molecule has 0 bridgehead atoms. The second-order valence-corrected chi connectivity index (χ2v) is 8.45. The van der Waals surface area contributed by atoms with Gasteiger partial charge in [0.05, 0.1) is 11.6 Å². The van der Waals surface area contributed by atoms with Crippen molar-refractivity contribution < 1.29 is 31.5 Å². The zero-order chi connectivity index (χ0) is 25.2. The lowest BCUT2D eigenvalue weighted by Gasteiger charge is -2.17. The van der Waals surface area contributed by atoms with Gasteiger partial charge in [0, 0.05) is 44.5 Å². The Balaban J connectivity index is 0.000000215. The first kappa shape index (κ1) is 25.6. The Morgan fingerprint density at radius 1 is 1.06 bits per heavy atom. The van der Waals surface area contributed by atoms with Crippen molar-refractivity contribution in [3.63, 3.8) is 0 Å². The molecule has 0 radical (unpaired) electrons. The SMILES string of the molecule is CNc1cc(Br)cc2c1C(c1cc(F)ccc1Cl)NC2=O.O=Cc1cc(F)cc(C(F)(F)F)c1. The molecule has 0 aromatic heterocycles. The molecular weight excluding hydrogens is 547 g/mol. The number of alkyl halides is 3. The molecule has 0 spiro atoms. The molecule has 2 N–H and O–H groups in total. The van der Waals surface area contributed by atoms with E-state index in [-0.39, 0.29) is 23.6 Å². The van der Waals surface area contributed by atoms with E-state index in [1.165, 1.54) is 18.2 Å². The fourth-order valence-corrected chi connectivity index (χ4v) is 4.10. The first-order chi connectivity index (χ1) is 15.9. The van der Waals surface area contributed by atoms with Gasteiger partial charge in [-0.25, -0.2) is 8.78 Å². The summed E-state index contributed by atoms with van der Waals surface area (Å²) in [5, 5.41) is 6.33. The molecule has 11 heteroatoms. The Bertz CT molecular complexity index is 1270. The van der Waals surface area contributed by atoms with E-state index in [9.17, 15) is 31.5 Å². The zero-order valence-electron chi connectivity index (χ0n) is 17.2. The number of benzene rings is 3. The molecule has 1 aliphatic heterocycles. The van der Waals surface area contributed by atoms with Crippen molar-refractivity contribution in [2.45, 2.75) is 12.2 Å².